The van der Waals surface area contributed by atoms with Crippen molar-refractivity contribution in [1.29, 1.82) is 0 Å². The number of rotatable bonds is 5. The number of Topliss-reactive ketones (excluding diaryl/α,β-unsaturated/α-hetero) is 3. The van der Waals surface area contributed by atoms with Crippen molar-refractivity contribution in [2.24, 2.45) is 16.7 Å². The number of nitrogens with zero attached hydrogens (tertiary/aromatic N) is 1. The number of hydrogen-bond donors (Lipinski definition) is 1. The largest absolute Gasteiger partial charge is 0.395 e. The van der Waals surface area contributed by atoms with E-state index in [1.54, 1.807) is 31.2 Å². The highest BCUT2D eigenvalue weighted by Gasteiger charge is 2.77. The zero-order valence-electron chi connectivity index (χ0n) is 19.3. The van der Waals surface area contributed by atoms with E-state index in [-0.39, 0.29) is 23.8 Å². The Bertz CT molecular complexity index is 1340. The zero-order chi connectivity index (χ0) is 24.4. The molecular formula is C29H25NO4S. The molecule has 6 rings (SSSR count). The summed E-state index contributed by atoms with van der Waals surface area (Å²) in [7, 11) is 0. The van der Waals surface area contributed by atoms with Crippen LogP contribution >= 0.6 is 11.8 Å². The van der Waals surface area contributed by atoms with Crippen molar-refractivity contribution in [3.8, 4) is 0 Å². The van der Waals surface area contributed by atoms with E-state index in [0.717, 1.165) is 16.1 Å². The second-order valence-corrected chi connectivity index (χ2v) is 11.0. The van der Waals surface area contributed by atoms with Crippen molar-refractivity contribution >= 4 is 34.8 Å². The first-order chi connectivity index (χ1) is 16.9. The van der Waals surface area contributed by atoms with E-state index in [2.05, 4.69) is 0 Å². The van der Waals surface area contributed by atoms with Crippen LogP contribution in [0.15, 0.2) is 89.8 Å². The third-order valence-corrected chi connectivity index (χ3v) is 9.46. The van der Waals surface area contributed by atoms with Crippen LogP contribution < -0.4 is 4.90 Å². The zero-order valence-corrected chi connectivity index (χ0v) is 20.1. The Kier molecular flexibility index (Phi) is 5.02. The number of thioether (sulfide) groups is 1. The van der Waals surface area contributed by atoms with Gasteiger partial charge in [0.25, 0.3) is 0 Å². The molecule has 176 valence electrons. The molecule has 35 heavy (non-hydrogen) atoms. The van der Waals surface area contributed by atoms with Crippen molar-refractivity contribution in [3.05, 3.63) is 96.1 Å². The lowest BCUT2D eigenvalue weighted by Gasteiger charge is -2.33. The fourth-order valence-corrected chi connectivity index (χ4v) is 7.98. The fourth-order valence-electron chi connectivity index (χ4n) is 6.39. The predicted molar refractivity (Wildman–Crippen MR) is 134 cm³/mol. The number of benzene rings is 3. The minimum absolute atomic E-state index is 0.196. The summed E-state index contributed by atoms with van der Waals surface area (Å²) >= 11 is 1.48. The Labute approximate surface area is 208 Å². The topological polar surface area (TPSA) is 74.7 Å². The number of para-hydroxylation sites is 1. The van der Waals surface area contributed by atoms with Crippen LogP contribution in [0.2, 0.25) is 0 Å². The molecule has 0 unspecified atom stereocenters. The molecule has 1 saturated carbocycles. The van der Waals surface area contributed by atoms with E-state index in [1.807, 2.05) is 65.6 Å². The Morgan fingerprint density at radius 1 is 0.943 bits per heavy atom. The van der Waals surface area contributed by atoms with Gasteiger partial charge in [-0.1, -0.05) is 84.6 Å². The Morgan fingerprint density at radius 3 is 2.26 bits per heavy atom. The minimum Gasteiger partial charge on any atom is -0.395 e. The van der Waals surface area contributed by atoms with E-state index in [9.17, 15) is 19.5 Å². The summed E-state index contributed by atoms with van der Waals surface area (Å²) in [6.45, 7) is 1.22. The Hall–Kier alpha value is -3.22. The van der Waals surface area contributed by atoms with Gasteiger partial charge in [0.1, 0.15) is 6.04 Å². The lowest BCUT2D eigenvalue weighted by molar-refractivity contribution is -0.137. The molecule has 2 aliphatic heterocycles. The molecule has 2 fully saturated rings. The average molecular weight is 484 g/mol. The molecule has 0 aromatic heterocycles. The molecule has 0 amide bonds. The van der Waals surface area contributed by atoms with Gasteiger partial charge in [-0.05, 0) is 31.0 Å². The van der Waals surface area contributed by atoms with Gasteiger partial charge in [-0.25, -0.2) is 0 Å². The van der Waals surface area contributed by atoms with Crippen LogP contribution in [0.4, 0.5) is 5.69 Å². The molecule has 1 saturated heterocycles. The first-order valence-electron chi connectivity index (χ1n) is 11.8. The van der Waals surface area contributed by atoms with Crippen molar-refractivity contribution in [1.82, 2.24) is 0 Å². The maximum atomic E-state index is 14.3. The third kappa shape index (κ3) is 2.90. The molecule has 2 heterocycles. The van der Waals surface area contributed by atoms with Crippen LogP contribution in [0.3, 0.4) is 0 Å². The van der Waals surface area contributed by atoms with E-state index < -0.39 is 34.8 Å². The van der Waals surface area contributed by atoms with Crippen molar-refractivity contribution in [2.45, 2.75) is 29.7 Å². The first kappa shape index (κ1) is 22.3. The van der Waals surface area contributed by atoms with Gasteiger partial charge in [0.15, 0.2) is 17.3 Å². The van der Waals surface area contributed by atoms with Crippen molar-refractivity contribution in [2.75, 3.05) is 11.5 Å². The number of fused-ring (bicyclic) bond motifs is 5. The van der Waals surface area contributed by atoms with Crippen molar-refractivity contribution in [3.63, 3.8) is 0 Å². The SMILES string of the molecule is C[C@]1(Cc2ccccc2)C(=O)[C@@H]2[C@@H](C(=O)c3ccccc3)N3c4ccccc4S[C@@H]3[C@]2(CO)C1=O. The van der Waals surface area contributed by atoms with Gasteiger partial charge in [0.2, 0.25) is 0 Å². The van der Waals surface area contributed by atoms with Crippen LogP contribution in [0.5, 0.6) is 0 Å². The molecule has 5 atom stereocenters. The number of hydrogen-bond acceptors (Lipinski definition) is 6. The van der Waals surface area contributed by atoms with Gasteiger partial charge in [-0.2, -0.15) is 0 Å². The monoisotopic (exact) mass is 483 g/mol. The fraction of sp³-hybridized carbons (Fsp3) is 0.276. The van der Waals surface area contributed by atoms with Gasteiger partial charge < -0.3 is 10.0 Å². The van der Waals surface area contributed by atoms with Crippen LogP contribution in [0, 0.1) is 16.7 Å². The number of aliphatic hydroxyl groups is 1. The molecule has 3 aromatic rings. The Morgan fingerprint density at radius 2 is 1.57 bits per heavy atom. The molecule has 0 bridgehead atoms. The second kappa shape index (κ2) is 7.90. The number of carbonyl (C=O) groups is 3. The molecular weight excluding hydrogens is 458 g/mol. The lowest BCUT2D eigenvalue weighted by atomic mass is 9.74. The van der Waals surface area contributed by atoms with Crippen LogP contribution in [0.1, 0.15) is 22.8 Å². The summed E-state index contributed by atoms with van der Waals surface area (Å²) < 4.78 is 0. The van der Waals surface area contributed by atoms with Gasteiger partial charge in [0.05, 0.1) is 34.4 Å². The highest BCUT2D eigenvalue weighted by molar-refractivity contribution is 8.00. The molecule has 0 spiro atoms. The maximum absolute atomic E-state index is 14.3. The predicted octanol–water partition coefficient (Wildman–Crippen LogP) is 4.19. The summed E-state index contributed by atoms with van der Waals surface area (Å²) in [6.07, 6.45) is 0.250. The lowest BCUT2D eigenvalue weighted by Crippen LogP contribution is -2.48. The first-order valence-corrected chi connectivity index (χ1v) is 12.7. The minimum atomic E-state index is -1.36. The van der Waals surface area contributed by atoms with Crippen LogP contribution in [-0.2, 0) is 16.0 Å². The number of ketones is 3. The van der Waals surface area contributed by atoms with Crippen molar-refractivity contribution < 1.29 is 19.5 Å². The molecule has 3 aliphatic rings. The van der Waals surface area contributed by atoms with E-state index in [4.69, 9.17) is 0 Å². The molecule has 1 N–H and O–H groups in total. The molecule has 1 aliphatic carbocycles. The summed E-state index contributed by atoms with van der Waals surface area (Å²) in [5.74, 6) is -1.63. The maximum Gasteiger partial charge on any atom is 0.186 e. The summed E-state index contributed by atoms with van der Waals surface area (Å²) in [6, 6.07) is 25.3. The number of aliphatic hydroxyl groups excluding tert-OH is 1. The van der Waals surface area contributed by atoms with Gasteiger partial charge in [-0.3, -0.25) is 14.4 Å². The summed E-state index contributed by atoms with van der Waals surface area (Å²) in [4.78, 5) is 45.5. The highest BCUT2D eigenvalue weighted by atomic mass is 32.2. The standard InChI is InChI=1S/C29H25NO4S/c1-28(16-18-10-4-2-5-11-18)25(33)22-23(24(32)19-12-6-3-7-13-19)30-20-14-8-9-15-21(20)35-27(30)29(22,17-31)26(28)34/h2-15,22-23,27,31H,16-17H2,1H3/t22-,23-,27+,28-,29-/m0/s1. The van der Waals surface area contributed by atoms with Gasteiger partial charge >= 0.3 is 0 Å². The summed E-state index contributed by atoms with van der Waals surface area (Å²) in [5.41, 5.74) is -0.458. The molecule has 6 heteroatoms. The third-order valence-electron chi connectivity index (χ3n) is 7.99. The molecule has 5 nitrogen and oxygen atoms in total. The normalized spacial score (nSPS) is 30.8. The smallest absolute Gasteiger partial charge is 0.186 e. The van der Waals surface area contributed by atoms with Gasteiger partial charge in [0, 0.05) is 10.5 Å². The molecule has 0 radical (unpaired) electrons. The Balaban J connectivity index is 1.53. The quantitative estimate of drug-likeness (QED) is 0.433. The highest BCUT2D eigenvalue weighted by Crippen LogP contribution is 2.66. The van der Waals surface area contributed by atoms with Gasteiger partial charge in [-0.15, -0.1) is 0 Å². The average Bonchev–Trinajstić information content (AvgIpc) is 3.46. The molecule has 3 aromatic carbocycles. The van der Waals surface area contributed by atoms with E-state index in [0.29, 0.717) is 5.56 Å². The van der Waals surface area contributed by atoms with Crippen LogP contribution in [0.25, 0.3) is 0 Å². The van der Waals surface area contributed by atoms with E-state index >= 15 is 0 Å². The van der Waals surface area contributed by atoms with Crippen LogP contribution in [-0.4, -0.2) is 40.5 Å². The number of anilines is 1. The second-order valence-electron chi connectivity index (χ2n) is 9.88. The summed E-state index contributed by atoms with van der Waals surface area (Å²) in [5, 5.41) is 10.4. The number of carbonyl (C=O) groups excluding carboxylic acids is 3. The van der Waals surface area contributed by atoms with E-state index in [1.165, 1.54) is 11.8 Å².